The molecule has 0 aliphatic carbocycles. The molecule has 0 saturated carbocycles. The lowest BCUT2D eigenvalue weighted by Gasteiger charge is -2.20. The van der Waals surface area contributed by atoms with E-state index in [1.165, 1.54) is 17.3 Å². The van der Waals surface area contributed by atoms with Crippen molar-refractivity contribution < 1.29 is 4.79 Å². The average molecular weight is 286 g/mol. The summed E-state index contributed by atoms with van der Waals surface area (Å²) in [5.41, 5.74) is 5.04. The maximum Gasteiger partial charge on any atom is 0.248 e. The minimum atomic E-state index is -0.0121. The Morgan fingerprint density at radius 1 is 1.10 bits per heavy atom. The van der Waals surface area contributed by atoms with Crippen LogP contribution in [0.3, 0.4) is 0 Å². The summed E-state index contributed by atoms with van der Waals surface area (Å²) in [6, 6.07) is 17.9. The van der Waals surface area contributed by atoms with Crippen LogP contribution in [0.2, 0.25) is 0 Å². The molecule has 20 heavy (non-hydrogen) atoms. The zero-order chi connectivity index (χ0) is 14.4. The van der Waals surface area contributed by atoms with Crippen LogP contribution < -0.4 is 10.4 Å². The number of para-hydroxylation sites is 1. The molecule has 2 rings (SSSR count). The lowest BCUT2D eigenvalue weighted by Crippen LogP contribution is -2.40. The van der Waals surface area contributed by atoms with Crippen molar-refractivity contribution in [2.24, 2.45) is 0 Å². The lowest BCUT2D eigenvalue weighted by molar-refractivity contribution is -0.118. The topological polar surface area (TPSA) is 32.3 Å². The minimum absolute atomic E-state index is 0.0121. The van der Waals surface area contributed by atoms with Crippen LogP contribution >= 0.6 is 11.8 Å². The van der Waals surface area contributed by atoms with Crippen LogP contribution in [-0.2, 0) is 4.79 Å². The molecule has 1 amide bonds. The van der Waals surface area contributed by atoms with Gasteiger partial charge in [-0.3, -0.25) is 15.2 Å². The number of carbonyl (C=O) groups excluding carboxylic acids is 1. The van der Waals surface area contributed by atoms with Crippen LogP contribution in [0, 0.1) is 6.92 Å². The summed E-state index contributed by atoms with van der Waals surface area (Å²) in [7, 11) is 1.84. The quantitative estimate of drug-likeness (QED) is 0.676. The molecule has 4 heteroatoms. The first-order chi connectivity index (χ1) is 9.65. The van der Waals surface area contributed by atoms with Crippen LogP contribution in [0.5, 0.6) is 0 Å². The molecule has 3 nitrogen and oxygen atoms in total. The number of benzene rings is 2. The van der Waals surface area contributed by atoms with Crippen molar-refractivity contribution in [1.82, 2.24) is 5.43 Å². The van der Waals surface area contributed by atoms with E-state index in [0.717, 1.165) is 10.6 Å². The maximum atomic E-state index is 11.9. The number of thioether (sulfide) groups is 1. The van der Waals surface area contributed by atoms with Gasteiger partial charge in [-0.15, -0.1) is 11.8 Å². The Kier molecular flexibility index (Phi) is 5.07. The highest BCUT2D eigenvalue weighted by Crippen LogP contribution is 2.18. The van der Waals surface area contributed by atoms with Crippen molar-refractivity contribution in [3.05, 3.63) is 60.2 Å². The maximum absolute atomic E-state index is 11.9. The number of hydrogen-bond donors (Lipinski definition) is 1. The van der Waals surface area contributed by atoms with Crippen LogP contribution in [0.15, 0.2) is 59.5 Å². The smallest absolute Gasteiger partial charge is 0.248 e. The SMILES string of the molecule is Cc1ccc(SCC(=O)NN(C)c2ccccc2)cc1. The van der Waals surface area contributed by atoms with Crippen molar-refractivity contribution in [3.8, 4) is 0 Å². The Hall–Kier alpha value is -1.94. The van der Waals surface area contributed by atoms with Gasteiger partial charge in [0.1, 0.15) is 0 Å². The second-order valence-corrected chi connectivity index (χ2v) is 5.58. The van der Waals surface area contributed by atoms with Crippen molar-refractivity contribution >= 4 is 23.4 Å². The molecule has 104 valence electrons. The Balaban J connectivity index is 1.82. The van der Waals surface area contributed by atoms with E-state index in [2.05, 4.69) is 24.5 Å². The summed E-state index contributed by atoms with van der Waals surface area (Å²) in [5, 5.41) is 1.73. The average Bonchev–Trinajstić information content (AvgIpc) is 2.47. The van der Waals surface area contributed by atoms with E-state index in [0.29, 0.717) is 5.75 Å². The molecular weight excluding hydrogens is 268 g/mol. The molecule has 0 spiro atoms. The van der Waals surface area contributed by atoms with Gasteiger partial charge in [-0.25, -0.2) is 0 Å². The summed E-state index contributed by atoms with van der Waals surface area (Å²) in [6.45, 7) is 2.05. The number of hydrogen-bond acceptors (Lipinski definition) is 3. The second-order valence-electron chi connectivity index (χ2n) is 4.53. The molecule has 0 aromatic heterocycles. The highest BCUT2D eigenvalue weighted by Gasteiger charge is 2.06. The van der Waals surface area contributed by atoms with Crippen LogP contribution in [-0.4, -0.2) is 18.7 Å². The van der Waals surface area contributed by atoms with Gasteiger partial charge in [0.15, 0.2) is 0 Å². The third kappa shape index (κ3) is 4.31. The summed E-state index contributed by atoms with van der Waals surface area (Å²) in [6.07, 6.45) is 0. The standard InChI is InChI=1S/C16H18N2OS/c1-13-8-10-15(11-9-13)20-12-16(19)17-18(2)14-6-4-3-5-7-14/h3-11H,12H2,1-2H3,(H,17,19). The molecule has 1 N–H and O–H groups in total. The van der Waals surface area contributed by atoms with Gasteiger partial charge in [0.2, 0.25) is 5.91 Å². The fraction of sp³-hybridized carbons (Fsp3) is 0.188. The van der Waals surface area contributed by atoms with Gasteiger partial charge < -0.3 is 0 Å². The molecule has 0 unspecified atom stereocenters. The fourth-order valence-corrected chi connectivity index (χ4v) is 2.41. The number of nitrogens with one attached hydrogen (secondary N) is 1. The molecule has 0 fully saturated rings. The van der Waals surface area contributed by atoms with Gasteiger partial charge >= 0.3 is 0 Å². The van der Waals surface area contributed by atoms with Crippen LogP contribution in [0.25, 0.3) is 0 Å². The van der Waals surface area contributed by atoms with E-state index in [4.69, 9.17) is 0 Å². The van der Waals surface area contributed by atoms with Crippen molar-refractivity contribution in [3.63, 3.8) is 0 Å². The predicted octanol–water partition coefficient (Wildman–Crippen LogP) is 3.25. The van der Waals surface area contributed by atoms with Gasteiger partial charge in [0.25, 0.3) is 0 Å². The first-order valence-electron chi connectivity index (χ1n) is 6.43. The lowest BCUT2D eigenvalue weighted by atomic mass is 10.2. The number of aryl methyl sites for hydroxylation is 1. The van der Waals surface area contributed by atoms with Crippen molar-refractivity contribution in [2.75, 3.05) is 17.8 Å². The predicted molar refractivity (Wildman–Crippen MR) is 84.9 cm³/mol. The highest BCUT2D eigenvalue weighted by atomic mass is 32.2. The molecule has 0 atom stereocenters. The molecule has 2 aromatic carbocycles. The number of hydrazine groups is 1. The van der Waals surface area contributed by atoms with Gasteiger partial charge in [0, 0.05) is 11.9 Å². The molecule has 2 aromatic rings. The summed E-state index contributed by atoms with van der Waals surface area (Å²) < 4.78 is 0. The molecule has 0 bridgehead atoms. The first kappa shape index (κ1) is 14.5. The molecular formula is C16H18N2OS. The Bertz CT molecular complexity index is 554. The van der Waals surface area contributed by atoms with E-state index in [9.17, 15) is 4.79 Å². The molecule has 0 aliphatic heterocycles. The summed E-state index contributed by atoms with van der Waals surface area (Å²) in [4.78, 5) is 13.0. The number of rotatable bonds is 5. The van der Waals surface area contributed by atoms with Crippen molar-refractivity contribution in [1.29, 1.82) is 0 Å². The molecule has 0 aliphatic rings. The van der Waals surface area contributed by atoms with E-state index in [1.807, 2.05) is 49.5 Å². The number of carbonyl (C=O) groups is 1. The van der Waals surface area contributed by atoms with E-state index in [-0.39, 0.29) is 5.91 Å². The van der Waals surface area contributed by atoms with Gasteiger partial charge in [0.05, 0.1) is 11.4 Å². The number of amides is 1. The van der Waals surface area contributed by atoms with Gasteiger partial charge in [-0.05, 0) is 31.2 Å². The molecule has 0 radical (unpaired) electrons. The monoisotopic (exact) mass is 286 g/mol. The third-order valence-corrected chi connectivity index (χ3v) is 3.84. The zero-order valence-corrected chi connectivity index (χ0v) is 12.5. The minimum Gasteiger partial charge on any atom is -0.289 e. The Labute approximate surface area is 124 Å². The second kappa shape index (κ2) is 7.01. The van der Waals surface area contributed by atoms with Gasteiger partial charge in [-0.1, -0.05) is 35.9 Å². The third-order valence-electron chi connectivity index (χ3n) is 2.83. The zero-order valence-electron chi connectivity index (χ0n) is 11.7. The number of anilines is 1. The molecule has 0 heterocycles. The summed E-state index contributed by atoms with van der Waals surface area (Å²) in [5.74, 6) is 0.391. The largest absolute Gasteiger partial charge is 0.289 e. The van der Waals surface area contributed by atoms with E-state index < -0.39 is 0 Å². The first-order valence-corrected chi connectivity index (χ1v) is 7.41. The number of nitrogens with zero attached hydrogens (tertiary/aromatic N) is 1. The Morgan fingerprint density at radius 3 is 2.40 bits per heavy atom. The normalized spacial score (nSPS) is 10.1. The van der Waals surface area contributed by atoms with Crippen LogP contribution in [0.4, 0.5) is 5.69 Å². The summed E-state index contributed by atoms with van der Waals surface area (Å²) >= 11 is 1.54. The van der Waals surface area contributed by atoms with E-state index in [1.54, 1.807) is 5.01 Å². The highest BCUT2D eigenvalue weighted by molar-refractivity contribution is 8.00. The van der Waals surface area contributed by atoms with Gasteiger partial charge in [-0.2, -0.15) is 0 Å². The fourth-order valence-electron chi connectivity index (χ4n) is 1.72. The Morgan fingerprint density at radius 2 is 1.75 bits per heavy atom. The van der Waals surface area contributed by atoms with Crippen LogP contribution in [0.1, 0.15) is 5.56 Å². The molecule has 0 saturated heterocycles. The van der Waals surface area contributed by atoms with Crippen molar-refractivity contribution in [2.45, 2.75) is 11.8 Å². The van der Waals surface area contributed by atoms with E-state index >= 15 is 0 Å².